The maximum absolute atomic E-state index is 10.4. The molecule has 0 radical (unpaired) electrons. The molecule has 2 heterocycles. The Hall–Kier alpha value is -0.410. The number of carbonyl (C=O) groups is 1. The van der Waals surface area contributed by atoms with E-state index in [0.29, 0.717) is 6.42 Å². The fourth-order valence-electron chi connectivity index (χ4n) is 2.56. The minimum atomic E-state index is 0.166. The molecule has 12 heavy (non-hydrogen) atoms. The highest BCUT2D eigenvalue weighted by atomic mass is 16.5. The topological polar surface area (TPSA) is 46.5 Å². The number of rotatable bonds is 3. The third-order valence-electron chi connectivity index (χ3n) is 3.17. The molecule has 3 nitrogen and oxygen atoms in total. The van der Waals surface area contributed by atoms with Gasteiger partial charge in [-0.2, -0.15) is 0 Å². The molecule has 68 valence electrons. The summed E-state index contributed by atoms with van der Waals surface area (Å²) in [4.78, 5) is 10.4. The Kier molecular flexibility index (Phi) is 2.15. The number of carbonyl (C=O) groups excluding carboxylic acids is 1. The molecule has 0 aliphatic carbocycles. The van der Waals surface area contributed by atoms with Gasteiger partial charge in [-0.05, 0) is 18.8 Å². The van der Waals surface area contributed by atoms with Crippen LogP contribution in [0.5, 0.6) is 0 Å². The first kappa shape index (κ1) is 8.20. The van der Waals surface area contributed by atoms with Crippen LogP contribution in [0.15, 0.2) is 0 Å². The molecule has 0 saturated carbocycles. The average molecular weight is 170 g/mol. The number of hydrogen-bond donors (Lipinski definition) is 1. The minimum Gasteiger partial charge on any atom is -0.396 e. The molecule has 3 heteroatoms. The number of hydrogen-bond acceptors (Lipinski definition) is 3. The van der Waals surface area contributed by atoms with Crippen LogP contribution < -0.4 is 0 Å². The monoisotopic (exact) mass is 170 g/mol. The Balaban J connectivity index is 2.05. The number of fused-ring (bicyclic) bond motifs is 2. The first-order valence-electron chi connectivity index (χ1n) is 4.56. The molecule has 0 aromatic heterocycles. The van der Waals surface area contributed by atoms with Gasteiger partial charge in [-0.3, -0.25) is 0 Å². The Bertz CT molecular complexity index is 181. The summed E-state index contributed by atoms with van der Waals surface area (Å²) in [5.74, 6) is 0.500. The lowest BCUT2D eigenvalue weighted by atomic mass is 9.78. The molecular weight excluding hydrogens is 156 g/mol. The molecule has 2 rings (SSSR count). The lowest BCUT2D eigenvalue weighted by molar-refractivity contribution is -0.109. The molecule has 2 aliphatic rings. The van der Waals surface area contributed by atoms with Gasteiger partial charge in [0, 0.05) is 18.9 Å². The molecule has 0 unspecified atom stereocenters. The number of ether oxygens (including phenoxy) is 1. The van der Waals surface area contributed by atoms with Crippen LogP contribution in [0, 0.1) is 11.8 Å². The van der Waals surface area contributed by atoms with Crippen LogP contribution in [-0.4, -0.2) is 30.2 Å². The summed E-state index contributed by atoms with van der Waals surface area (Å²) in [6.45, 7) is 0.166. The van der Waals surface area contributed by atoms with Gasteiger partial charge < -0.3 is 14.6 Å². The van der Waals surface area contributed by atoms with Crippen LogP contribution in [-0.2, 0) is 9.53 Å². The average Bonchev–Trinajstić information content (AvgIpc) is 2.64. The van der Waals surface area contributed by atoms with Crippen molar-refractivity contribution in [2.24, 2.45) is 11.8 Å². The van der Waals surface area contributed by atoms with Crippen molar-refractivity contribution in [3.8, 4) is 0 Å². The molecule has 0 spiro atoms. The van der Waals surface area contributed by atoms with Gasteiger partial charge in [0.15, 0.2) is 0 Å². The molecule has 0 aromatic carbocycles. The van der Waals surface area contributed by atoms with E-state index >= 15 is 0 Å². The van der Waals surface area contributed by atoms with Gasteiger partial charge in [0.25, 0.3) is 0 Å². The largest absolute Gasteiger partial charge is 0.396 e. The zero-order valence-corrected chi connectivity index (χ0v) is 6.98. The van der Waals surface area contributed by atoms with E-state index in [0.717, 1.165) is 19.1 Å². The summed E-state index contributed by atoms with van der Waals surface area (Å²) >= 11 is 0. The quantitative estimate of drug-likeness (QED) is 0.622. The summed E-state index contributed by atoms with van der Waals surface area (Å²) in [6, 6.07) is 0. The lowest BCUT2D eigenvalue weighted by Crippen LogP contribution is -2.30. The fourth-order valence-corrected chi connectivity index (χ4v) is 2.56. The van der Waals surface area contributed by atoms with Gasteiger partial charge in [-0.25, -0.2) is 0 Å². The highest BCUT2D eigenvalue weighted by Gasteiger charge is 2.47. The standard InChI is InChI=1S/C9H14O3/c10-4-3-6-7(5-11)9-2-1-8(6)12-9/h4,6-9,11H,1-3,5H2/t6-,7-,8+,9-/m1/s1. The summed E-state index contributed by atoms with van der Waals surface area (Å²) in [7, 11) is 0. The van der Waals surface area contributed by atoms with E-state index in [-0.39, 0.29) is 30.7 Å². The molecule has 2 bridgehead atoms. The molecule has 1 N–H and O–H groups in total. The maximum atomic E-state index is 10.4. The summed E-state index contributed by atoms with van der Waals surface area (Å²) in [5.41, 5.74) is 0. The lowest BCUT2D eigenvalue weighted by Gasteiger charge is -2.24. The van der Waals surface area contributed by atoms with Crippen molar-refractivity contribution >= 4 is 6.29 Å². The van der Waals surface area contributed by atoms with Crippen molar-refractivity contribution < 1.29 is 14.6 Å². The third-order valence-corrected chi connectivity index (χ3v) is 3.17. The molecule has 0 aromatic rings. The molecule has 4 atom stereocenters. The predicted molar refractivity (Wildman–Crippen MR) is 42.6 cm³/mol. The van der Waals surface area contributed by atoms with E-state index < -0.39 is 0 Å². The third kappa shape index (κ3) is 1.08. The second kappa shape index (κ2) is 3.15. The van der Waals surface area contributed by atoms with Gasteiger partial charge >= 0.3 is 0 Å². The van der Waals surface area contributed by atoms with Crippen LogP contribution in [0.2, 0.25) is 0 Å². The van der Waals surface area contributed by atoms with Crippen molar-refractivity contribution in [3.05, 3.63) is 0 Å². The Morgan fingerprint density at radius 1 is 1.33 bits per heavy atom. The molecular formula is C9H14O3. The van der Waals surface area contributed by atoms with E-state index in [1.807, 2.05) is 0 Å². The second-order valence-corrected chi connectivity index (χ2v) is 3.70. The van der Waals surface area contributed by atoms with Crippen LogP contribution in [0.1, 0.15) is 19.3 Å². The van der Waals surface area contributed by atoms with Crippen molar-refractivity contribution in [2.45, 2.75) is 31.5 Å². The van der Waals surface area contributed by atoms with Crippen LogP contribution in [0.4, 0.5) is 0 Å². The minimum absolute atomic E-state index is 0.166. The van der Waals surface area contributed by atoms with Crippen molar-refractivity contribution in [3.63, 3.8) is 0 Å². The molecule has 2 fully saturated rings. The SMILES string of the molecule is O=CC[C@@H]1[C@@H](CO)[C@H]2CC[C@@H]1O2. The van der Waals surface area contributed by atoms with E-state index in [1.54, 1.807) is 0 Å². The van der Waals surface area contributed by atoms with Gasteiger partial charge in [0.2, 0.25) is 0 Å². The predicted octanol–water partition coefficient (Wildman–Crippen LogP) is 0.361. The molecule has 2 saturated heterocycles. The van der Waals surface area contributed by atoms with Crippen LogP contribution in [0.25, 0.3) is 0 Å². The normalized spacial score (nSPS) is 45.1. The summed E-state index contributed by atoms with van der Waals surface area (Å²) in [5, 5.41) is 9.09. The Morgan fingerprint density at radius 2 is 2.00 bits per heavy atom. The molecule has 2 aliphatic heterocycles. The highest BCUT2D eigenvalue weighted by molar-refractivity contribution is 5.50. The van der Waals surface area contributed by atoms with Crippen LogP contribution >= 0.6 is 0 Å². The smallest absolute Gasteiger partial charge is 0.120 e. The summed E-state index contributed by atoms with van der Waals surface area (Å²) < 4.78 is 5.62. The van der Waals surface area contributed by atoms with E-state index in [9.17, 15) is 4.79 Å². The van der Waals surface area contributed by atoms with Crippen molar-refractivity contribution in [1.82, 2.24) is 0 Å². The van der Waals surface area contributed by atoms with Gasteiger partial charge in [-0.1, -0.05) is 0 Å². The zero-order valence-electron chi connectivity index (χ0n) is 6.98. The van der Waals surface area contributed by atoms with Crippen molar-refractivity contribution in [2.75, 3.05) is 6.61 Å². The first-order valence-corrected chi connectivity index (χ1v) is 4.56. The van der Waals surface area contributed by atoms with E-state index in [2.05, 4.69) is 0 Å². The zero-order chi connectivity index (χ0) is 8.55. The first-order chi connectivity index (χ1) is 5.86. The van der Waals surface area contributed by atoms with E-state index in [4.69, 9.17) is 9.84 Å². The maximum Gasteiger partial charge on any atom is 0.120 e. The van der Waals surface area contributed by atoms with E-state index in [1.165, 1.54) is 0 Å². The van der Waals surface area contributed by atoms with Gasteiger partial charge in [0.05, 0.1) is 12.2 Å². The number of aliphatic hydroxyl groups excluding tert-OH is 1. The van der Waals surface area contributed by atoms with Crippen LogP contribution in [0.3, 0.4) is 0 Å². The fraction of sp³-hybridized carbons (Fsp3) is 0.889. The highest BCUT2D eigenvalue weighted by Crippen LogP contribution is 2.44. The van der Waals surface area contributed by atoms with Gasteiger partial charge in [-0.15, -0.1) is 0 Å². The molecule has 0 amide bonds. The second-order valence-electron chi connectivity index (χ2n) is 3.70. The Morgan fingerprint density at radius 3 is 2.58 bits per heavy atom. The van der Waals surface area contributed by atoms with Crippen molar-refractivity contribution in [1.29, 1.82) is 0 Å². The van der Waals surface area contributed by atoms with Gasteiger partial charge in [0.1, 0.15) is 6.29 Å². The number of aliphatic hydroxyl groups is 1. The number of aldehydes is 1. The summed E-state index contributed by atoms with van der Waals surface area (Å²) in [6.07, 6.45) is 4.09. The Labute approximate surface area is 71.7 Å².